The number of hydrogen-bond donors (Lipinski definition) is 1. The molecule has 138 valence electrons. The van der Waals surface area contributed by atoms with Crippen LogP contribution in [-0.4, -0.2) is 30.5 Å². The van der Waals surface area contributed by atoms with Crippen LogP contribution in [0.1, 0.15) is 42.6 Å². The van der Waals surface area contributed by atoms with Gasteiger partial charge < -0.3 is 10.1 Å². The predicted molar refractivity (Wildman–Crippen MR) is 106 cm³/mol. The van der Waals surface area contributed by atoms with Crippen LogP contribution in [0, 0.1) is 5.92 Å². The molecular weight excluding hydrogens is 324 g/mol. The van der Waals surface area contributed by atoms with Crippen molar-refractivity contribution in [2.45, 2.75) is 33.2 Å². The van der Waals surface area contributed by atoms with E-state index in [0.717, 1.165) is 23.9 Å². The molecule has 3 rings (SSSR count). The molecule has 0 bridgehead atoms. The Kier molecular flexibility index (Phi) is 6.29. The van der Waals surface area contributed by atoms with Crippen LogP contribution in [0.15, 0.2) is 48.5 Å². The fourth-order valence-corrected chi connectivity index (χ4v) is 3.45. The number of carbonyl (C=O) groups is 1. The summed E-state index contributed by atoms with van der Waals surface area (Å²) in [6.07, 6.45) is 2.62. The van der Waals surface area contributed by atoms with Crippen molar-refractivity contribution in [1.82, 2.24) is 4.90 Å². The van der Waals surface area contributed by atoms with Gasteiger partial charge in [0.1, 0.15) is 5.75 Å². The second kappa shape index (κ2) is 8.86. The Labute approximate surface area is 156 Å². The SMILES string of the molecule is CCOc1ccc(NC(=O)c2ccc(CN3CCCC(C)C3)cc2)cc1. The van der Waals surface area contributed by atoms with Gasteiger partial charge in [-0.3, -0.25) is 9.69 Å². The Balaban J connectivity index is 1.56. The second-order valence-electron chi connectivity index (χ2n) is 7.09. The van der Waals surface area contributed by atoms with Crippen molar-refractivity contribution in [2.75, 3.05) is 25.0 Å². The van der Waals surface area contributed by atoms with E-state index < -0.39 is 0 Å². The number of anilines is 1. The van der Waals surface area contributed by atoms with Gasteiger partial charge in [0.15, 0.2) is 0 Å². The van der Waals surface area contributed by atoms with Crippen LogP contribution >= 0.6 is 0 Å². The van der Waals surface area contributed by atoms with Crippen LogP contribution in [0.5, 0.6) is 5.75 Å². The van der Waals surface area contributed by atoms with Gasteiger partial charge in [-0.05, 0) is 74.2 Å². The molecule has 0 spiro atoms. The summed E-state index contributed by atoms with van der Waals surface area (Å²) >= 11 is 0. The summed E-state index contributed by atoms with van der Waals surface area (Å²) in [5.74, 6) is 1.50. The van der Waals surface area contributed by atoms with Gasteiger partial charge in [0, 0.05) is 24.3 Å². The molecule has 0 aromatic heterocycles. The first-order valence-corrected chi connectivity index (χ1v) is 9.49. The van der Waals surface area contributed by atoms with Gasteiger partial charge in [-0.25, -0.2) is 0 Å². The van der Waals surface area contributed by atoms with Crippen LogP contribution < -0.4 is 10.1 Å². The van der Waals surface area contributed by atoms with Crippen LogP contribution in [0.25, 0.3) is 0 Å². The van der Waals surface area contributed by atoms with Crippen LogP contribution in [0.3, 0.4) is 0 Å². The average Bonchev–Trinajstić information content (AvgIpc) is 2.64. The monoisotopic (exact) mass is 352 g/mol. The molecule has 4 heteroatoms. The third kappa shape index (κ3) is 5.09. The molecule has 1 unspecified atom stereocenters. The van der Waals surface area contributed by atoms with E-state index in [4.69, 9.17) is 4.74 Å². The third-order valence-corrected chi connectivity index (χ3v) is 4.79. The number of benzene rings is 2. The maximum Gasteiger partial charge on any atom is 0.255 e. The number of likely N-dealkylation sites (tertiary alicyclic amines) is 1. The molecule has 0 aliphatic carbocycles. The highest BCUT2D eigenvalue weighted by atomic mass is 16.5. The lowest BCUT2D eigenvalue weighted by Crippen LogP contribution is -2.33. The van der Waals surface area contributed by atoms with Gasteiger partial charge in [-0.2, -0.15) is 0 Å². The lowest BCUT2D eigenvalue weighted by molar-refractivity contribution is 0.102. The molecule has 1 saturated heterocycles. The Hall–Kier alpha value is -2.33. The standard InChI is InChI=1S/C22H28N2O2/c1-3-26-21-12-10-20(11-13-21)23-22(25)19-8-6-18(7-9-19)16-24-14-4-5-17(2)15-24/h6-13,17H,3-5,14-16H2,1-2H3,(H,23,25). The van der Waals surface area contributed by atoms with E-state index in [1.165, 1.54) is 31.5 Å². The molecule has 1 amide bonds. The Morgan fingerprint density at radius 2 is 1.88 bits per heavy atom. The summed E-state index contributed by atoms with van der Waals surface area (Å²) in [6.45, 7) is 8.20. The molecule has 2 aromatic carbocycles. The van der Waals surface area contributed by atoms with Crippen molar-refractivity contribution in [3.05, 3.63) is 59.7 Å². The normalized spacial score (nSPS) is 17.7. The summed E-state index contributed by atoms with van der Waals surface area (Å²) in [6, 6.07) is 15.4. The molecule has 0 saturated carbocycles. The van der Waals surface area contributed by atoms with Crippen LogP contribution in [-0.2, 0) is 6.54 Å². The summed E-state index contributed by atoms with van der Waals surface area (Å²) in [5.41, 5.74) is 2.70. The van der Waals surface area contributed by atoms with E-state index in [9.17, 15) is 4.79 Å². The molecule has 0 radical (unpaired) electrons. The lowest BCUT2D eigenvalue weighted by atomic mass is 9.99. The minimum atomic E-state index is -0.0905. The topological polar surface area (TPSA) is 41.6 Å². The number of carbonyl (C=O) groups excluding carboxylic acids is 1. The van der Waals surface area contributed by atoms with E-state index in [2.05, 4.69) is 29.3 Å². The maximum absolute atomic E-state index is 12.4. The number of nitrogens with one attached hydrogen (secondary N) is 1. The fraction of sp³-hybridized carbons (Fsp3) is 0.409. The summed E-state index contributed by atoms with van der Waals surface area (Å²) in [7, 11) is 0. The van der Waals surface area contributed by atoms with Gasteiger partial charge in [-0.1, -0.05) is 19.1 Å². The van der Waals surface area contributed by atoms with E-state index >= 15 is 0 Å². The third-order valence-electron chi connectivity index (χ3n) is 4.79. The molecule has 1 aliphatic rings. The minimum absolute atomic E-state index is 0.0905. The number of nitrogens with zero attached hydrogens (tertiary/aromatic N) is 1. The molecule has 1 N–H and O–H groups in total. The van der Waals surface area contributed by atoms with Crippen molar-refractivity contribution < 1.29 is 9.53 Å². The van der Waals surface area contributed by atoms with Gasteiger partial charge in [0.2, 0.25) is 0 Å². The lowest BCUT2D eigenvalue weighted by Gasteiger charge is -2.30. The molecule has 1 heterocycles. The van der Waals surface area contributed by atoms with E-state index in [0.29, 0.717) is 12.2 Å². The molecule has 2 aromatic rings. The molecule has 1 aliphatic heterocycles. The highest BCUT2D eigenvalue weighted by Gasteiger charge is 2.16. The second-order valence-corrected chi connectivity index (χ2v) is 7.09. The fourth-order valence-electron chi connectivity index (χ4n) is 3.45. The smallest absolute Gasteiger partial charge is 0.255 e. The first-order chi connectivity index (χ1) is 12.6. The average molecular weight is 352 g/mol. The highest BCUT2D eigenvalue weighted by molar-refractivity contribution is 6.04. The largest absolute Gasteiger partial charge is 0.494 e. The minimum Gasteiger partial charge on any atom is -0.494 e. The van der Waals surface area contributed by atoms with Crippen LogP contribution in [0.2, 0.25) is 0 Å². The molecule has 1 fully saturated rings. The van der Waals surface area contributed by atoms with Gasteiger partial charge >= 0.3 is 0 Å². The van der Waals surface area contributed by atoms with Crippen LogP contribution in [0.4, 0.5) is 5.69 Å². The zero-order valence-corrected chi connectivity index (χ0v) is 15.7. The number of ether oxygens (including phenoxy) is 1. The zero-order valence-electron chi connectivity index (χ0n) is 15.7. The van der Waals surface area contributed by atoms with Gasteiger partial charge in [0.25, 0.3) is 5.91 Å². The molecular formula is C22H28N2O2. The Morgan fingerprint density at radius 3 is 2.54 bits per heavy atom. The van der Waals surface area contributed by atoms with Gasteiger partial charge in [-0.15, -0.1) is 0 Å². The quantitative estimate of drug-likeness (QED) is 0.828. The highest BCUT2D eigenvalue weighted by Crippen LogP contribution is 2.19. The predicted octanol–water partition coefficient (Wildman–Crippen LogP) is 4.57. The van der Waals surface area contributed by atoms with Crippen molar-refractivity contribution in [3.8, 4) is 5.75 Å². The number of hydrogen-bond acceptors (Lipinski definition) is 3. The summed E-state index contributed by atoms with van der Waals surface area (Å²) in [4.78, 5) is 14.9. The zero-order chi connectivity index (χ0) is 18.4. The number of rotatable bonds is 6. The number of amides is 1. The molecule has 26 heavy (non-hydrogen) atoms. The van der Waals surface area contributed by atoms with E-state index in [-0.39, 0.29) is 5.91 Å². The molecule has 1 atom stereocenters. The van der Waals surface area contributed by atoms with E-state index in [1.807, 2.05) is 43.3 Å². The summed E-state index contributed by atoms with van der Waals surface area (Å²) in [5, 5.41) is 2.93. The van der Waals surface area contributed by atoms with Crippen molar-refractivity contribution in [3.63, 3.8) is 0 Å². The Bertz CT molecular complexity index is 710. The van der Waals surface area contributed by atoms with Crippen molar-refractivity contribution in [1.29, 1.82) is 0 Å². The van der Waals surface area contributed by atoms with Gasteiger partial charge in [0.05, 0.1) is 6.61 Å². The first-order valence-electron chi connectivity index (χ1n) is 9.49. The summed E-state index contributed by atoms with van der Waals surface area (Å²) < 4.78 is 5.42. The van der Waals surface area contributed by atoms with E-state index in [1.54, 1.807) is 0 Å². The molecule has 4 nitrogen and oxygen atoms in total. The number of piperidine rings is 1. The Morgan fingerprint density at radius 1 is 1.15 bits per heavy atom. The van der Waals surface area contributed by atoms with Crippen molar-refractivity contribution in [2.24, 2.45) is 5.92 Å². The first kappa shape index (κ1) is 18.5. The van der Waals surface area contributed by atoms with Crippen molar-refractivity contribution >= 4 is 11.6 Å². The maximum atomic E-state index is 12.4.